The summed E-state index contributed by atoms with van der Waals surface area (Å²) >= 11 is 0. The Morgan fingerprint density at radius 3 is 2.56 bits per heavy atom. The van der Waals surface area contributed by atoms with E-state index in [2.05, 4.69) is 13.8 Å². The average Bonchev–Trinajstić information content (AvgIpc) is 2.73. The molecule has 2 heteroatoms. The Morgan fingerprint density at radius 2 is 1.94 bits per heavy atom. The minimum absolute atomic E-state index is 0.219. The Kier molecular flexibility index (Phi) is 3.47. The average molecular weight is 222 g/mol. The topological polar surface area (TPSA) is 9.23 Å². The number of benzene rings is 1. The second-order valence-electron chi connectivity index (χ2n) is 4.87. The van der Waals surface area contributed by atoms with Gasteiger partial charge in [-0.05, 0) is 49.3 Å². The molecular formula is C14H19FO. The Morgan fingerprint density at radius 1 is 1.25 bits per heavy atom. The third kappa shape index (κ3) is 2.55. The van der Waals surface area contributed by atoms with Gasteiger partial charge in [-0.25, -0.2) is 4.39 Å². The van der Waals surface area contributed by atoms with E-state index in [1.54, 1.807) is 0 Å². The third-order valence-electron chi connectivity index (χ3n) is 3.22. The summed E-state index contributed by atoms with van der Waals surface area (Å²) in [7, 11) is 0. The molecule has 2 rings (SSSR count). The number of halogens is 1. The van der Waals surface area contributed by atoms with Crippen molar-refractivity contribution in [2.24, 2.45) is 0 Å². The summed E-state index contributed by atoms with van der Waals surface area (Å²) in [5.41, 5.74) is 1.13. The van der Waals surface area contributed by atoms with Crippen LogP contribution in [-0.2, 0) is 0 Å². The van der Waals surface area contributed by atoms with Gasteiger partial charge < -0.3 is 4.74 Å². The lowest BCUT2D eigenvalue weighted by Gasteiger charge is -2.15. The lowest BCUT2D eigenvalue weighted by Crippen LogP contribution is -2.12. The molecule has 0 amide bonds. The molecular weight excluding hydrogens is 203 g/mol. The lowest BCUT2D eigenvalue weighted by molar-refractivity contribution is 0.200. The van der Waals surface area contributed by atoms with E-state index in [0.717, 1.165) is 18.4 Å². The fraction of sp³-hybridized carbons (Fsp3) is 0.571. The fourth-order valence-electron chi connectivity index (χ4n) is 2.16. The highest BCUT2D eigenvalue weighted by Gasteiger charge is 2.18. The van der Waals surface area contributed by atoms with E-state index in [4.69, 9.17) is 4.74 Å². The summed E-state index contributed by atoms with van der Waals surface area (Å²) in [5.74, 6) is 0.598. The van der Waals surface area contributed by atoms with Crippen LogP contribution >= 0.6 is 0 Å². The minimum Gasteiger partial charge on any atom is -0.487 e. The van der Waals surface area contributed by atoms with E-state index in [0.29, 0.717) is 11.7 Å². The van der Waals surface area contributed by atoms with Crippen molar-refractivity contribution >= 4 is 0 Å². The van der Waals surface area contributed by atoms with Crippen LogP contribution in [0.25, 0.3) is 0 Å². The molecule has 1 aliphatic rings. The summed E-state index contributed by atoms with van der Waals surface area (Å²) in [6.07, 6.45) is 4.75. The van der Waals surface area contributed by atoms with Crippen LogP contribution in [0.1, 0.15) is 51.0 Å². The first-order valence-corrected chi connectivity index (χ1v) is 6.13. The first-order chi connectivity index (χ1) is 7.66. The number of hydrogen-bond acceptors (Lipinski definition) is 1. The van der Waals surface area contributed by atoms with E-state index in [-0.39, 0.29) is 11.9 Å². The normalized spacial score (nSPS) is 17.0. The van der Waals surface area contributed by atoms with E-state index < -0.39 is 0 Å². The zero-order chi connectivity index (χ0) is 11.5. The van der Waals surface area contributed by atoms with Crippen molar-refractivity contribution in [3.63, 3.8) is 0 Å². The highest BCUT2D eigenvalue weighted by molar-refractivity contribution is 5.32. The van der Waals surface area contributed by atoms with Crippen LogP contribution in [0.2, 0.25) is 0 Å². The van der Waals surface area contributed by atoms with E-state index >= 15 is 0 Å². The van der Waals surface area contributed by atoms with E-state index in [1.165, 1.54) is 18.9 Å². The fourth-order valence-corrected chi connectivity index (χ4v) is 2.16. The summed E-state index contributed by atoms with van der Waals surface area (Å²) in [5, 5.41) is 0. The van der Waals surface area contributed by atoms with Crippen LogP contribution in [0.15, 0.2) is 18.2 Å². The van der Waals surface area contributed by atoms with Crippen LogP contribution in [0.5, 0.6) is 5.75 Å². The van der Waals surface area contributed by atoms with Crippen molar-refractivity contribution in [2.45, 2.75) is 51.6 Å². The quantitative estimate of drug-likeness (QED) is 0.742. The molecule has 0 N–H and O–H groups in total. The summed E-state index contributed by atoms with van der Waals surface area (Å²) in [6.45, 7) is 4.21. The molecule has 0 heterocycles. The molecule has 1 fully saturated rings. The highest BCUT2D eigenvalue weighted by Crippen LogP contribution is 2.28. The lowest BCUT2D eigenvalue weighted by atomic mass is 10.0. The molecule has 1 aromatic rings. The van der Waals surface area contributed by atoms with Crippen molar-refractivity contribution < 1.29 is 9.13 Å². The molecule has 0 bridgehead atoms. The summed E-state index contributed by atoms with van der Waals surface area (Å²) < 4.78 is 19.3. The second-order valence-corrected chi connectivity index (χ2v) is 4.87. The molecule has 0 aromatic heterocycles. The molecule has 0 atom stereocenters. The van der Waals surface area contributed by atoms with Crippen molar-refractivity contribution in [3.8, 4) is 5.75 Å². The molecule has 0 radical (unpaired) electrons. The van der Waals surface area contributed by atoms with Gasteiger partial charge in [0, 0.05) is 0 Å². The first kappa shape index (κ1) is 11.4. The Labute approximate surface area is 96.6 Å². The maximum Gasteiger partial charge on any atom is 0.165 e. The standard InChI is InChI=1S/C14H19FO/c1-10(2)11-7-8-13(15)14(9-11)16-12-5-3-4-6-12/h7-10,12H,3-6H2,1-2H3. The molecule has 0 spiro atoms. The second kappa shape index (κ2) is 4.86. The smallest absolute Gasteiger partial charge is 0.165 e. The van der Waals surface area contributed by atoms with E-state index in [9.17, 15) is 4.39 Å². The molecule has 1 aliphatic carbocycles. The summed E-state index contributed by atoms with van der Waals surface area (Å²) in [6, 6.07) is 5.19. The third-order valence-corrected chi connectivity index (χ3v) is 3.22. The zero-order valence-corrected chi connectivity index (χ0v) is 10.0. The molecule has 1 aromatic carbocycles. The molecule has 0 aliphatic heterocycles. The zero-order valence-electron chi connectivity index (χ0n) is 10.0. The van der Waals surface area contributed by atoms with Gasteiger partial charge in [0.05, 0.1) is 6.10 Å². The summed E-state index contributed by atoms with van der Waals surface area (Å²) in [4.78, 5) is 0. The SMILES string of the molecule is CC(C)c1ccc(F)c(OC2CCCC2)c1. The minimum atomic E-state index is -0.240. The predicted molar refractivity (Wildman–Crippen MR) is 63.4 cm³/mol. The van der Waals surface area contributed by atoms with Crippen LogP contribution in [0, 0.1) is 5.82 Å². The molecule has 16 heavy (non-hydrogen) atoms. The van der Waals surface area contributed by atoms with Gasteiger partial charge in [0.25, 0.3) is 0 Å². The molecule has 1 nitrogen and oxygen atoms in total. The number of ether oxygens (including phenoxy) is 1. The van der Waals surface area contributed by atoms with Crippen LogP contribution in [0.3, 0.4) is 0 Å². The van der Waals surface area contributed by atoms with Gasteiger partial charge in [0.2, 0.25) is 0 Å². The molecule has 0 unspecified atom stereocenters. The highest BCUT2D eigenvalue weighted by atomic mass is 19.1. The predicted octanol–water partition coefficient (Wildman–Crippen LogP) is 4.27. The molecule has 0 saturated heterocycles. The van der Waals surface area contributed by atoms with Gasteiger partial charge in [-0.2, -0.15) is 0 Å². The Bertz CT molecular complexity index is 354. The molecule has 1 saturated carbocycles. The van der Waals surface area contributed by atoms with Gasteiger partial charge in [-0.3, -0.25) is 0 Å². The van der Waals surface area contributed by atoms with Crippen molar-refractivity contribution in [1.29, 1.82) is 0 Å². The van der Waals surface area contributed by atoms with Gasteiger partial charge in [0.15, 0.2) is 11.6 Å². The van der Waals surface area contributed by atoms with Crippen molar-refractivity contribution in [1.82, 2.24) is 0 Å². The van der Waals surface area contributed by atoms with Gasteiger partial charge in [-0.1, -0.05) is 19.9 Å². The maximum atomic E-state index is 13.6. The van der Waals surface area contributed by atoms with Crippen LogP contribution < -0.4 is 4.74 Å². The maximum absolute atomic E-state index is 13.6. The van der Waals surface area contributed by atoms with Crippen molar-refractivity contribution in [2.75, 3.05) is 0 Å². The van der Waals surface area contributed by atoms with Gasteiger partial charge in [-0.15, -0.1) is 0 Å². The largest absolute Gasteiger partial charge is 0.487 e. The molecule has 88 valence electrons. The Hall–Kier alpha value is -1.05. The van der Waals surface area contributed by atoms with Gasteiger partial charge in [0.1, 0.15) is 0 Å². The van der Waals surface area contributed by atoms with Crippen LogP contribution in [0.4, 0.5) is 4.39 Å². The Balaban J connectivity index is 2.14. The number of rotatable bonds is 3. The van der Waals surface area contributed by atoms with Crippen LogP contribution in [-0.4, -0.2) is 6.10 Å². The van der Waals surface area contributed by atoms with E-state index in [1.807, 2.05) is 12.1 Å². The monoisotopic (exact) mass is 222 g/mol. The number of hydrogen-bond donors (Lipinski definition) is 0. The van der Waals surface area contributed by atoms with Gasteiger partial charge >= 0.3 is 0 Å². The first-order valence-electron chi connectivity index (χ1n) is 6.13. The van der Waals surface area contributed by atoms with Crippen molar-refractivity contribution in [3.05, 3.63) is 29.6 Å².